The average molecular weight is 213 g/mol. The molecule has 0 amide bonds. The lowest BCUT2D eigenvalue weighted by Gasteiger charge is -2.19. The molecule has 0 bridgehead atoms. The Kier molecular flexibility index (Phi) is 8.73. The minimum absolute atomic E-state index is 0.548. The van der Waals surface area contributed by atoms with E-state index in [0.29, 0.717) is 12.1 Å². The summed E-state index contributed by atoms with van der Waals surface area (Å²) in [4.78, 5) is 0. The van der Waals surface area contributed by atoms with Crippen molar-refractivity contribution < 1.29 is 4.74 Å². The summed E-state index contributed by atoms with van der Waals surface area (Å²) in [5.74, 6) is 0. The van der Waals surface area contributed by atoms with E-state index in [1.54, 1.807) is 7.11 Å². The molecule has 0 aromatic heterocycles. The Balaban J connectivity index is 3.54. The highest BCUT2D eigenvalue weighted by atomic mass is 16.5. The van der Waals surface area contributed by atoms with Gasteiger partial charge in [-0.3, -0.25) is 0 Å². The van der Waals surface area contributed by atoms with Gasteiger partial charge in [0.1, 0.15) is 0 Å². The second-order valence-corrected chi connectivity index (χ2v) is 4.61. The van der Waals surface area contributed by atoms with Crippen molar-refractivity contribution in [3.63, 3.8) is 0 Å². The van der Waals surface area contributed by atoms with Gasteiger partial charge >= 0.3 is 0 Å². The van der Waals surface area contributed by atoms with Crippen molar-refractivity contribution in [2.45, 2.75) is 59.0 Å². The summed E-state index contributed by atoms with van der Waals surface area (Å²) in [5, 5.41) is 3.58. The number of hydrogen-bond donors (Lipinski definition) is 1. The third-order valence-corrected chi connectivity index (χ3v) is 2.48. The molecule has 0 heterocycles. The first-order chi connectivity index (χ1) is 7.06. The summed E-state index contributed by atoms with van der Waals surface area (Å²) < 4.78 is 5.06. The first-order valence-electron chi connectivity index (χ1n) is 5.94. The molecule has 0 rings (SSSR count). The fourth-order valence-corrected chi connectivity index (χ4v) is 1.57. The van der Waals surface area contributed by atoms with Crippen LogP contribution in [-0.2, 0) is 4.74 Å². The van der Waals surface area contributed by atoms with Gasteiger partial charge in [-0.05, 0) is 47.0 Å². The first-order valence-corrected chi connectivity index (χ1v) is 5.94. The van der Waals surface area contributed by atoms with Crippen molar-refractivity contribution in [2.24, 2.45) is 0 Å². The molecule has 2 unspecified atom stereocenters. The predicted molar refractivity (Wildman–Crippen MR) is 67.2 cm³/mol. The molecule has 0 saturated heterocycles. The third kappa shape index (κ3) is 9.95. The van der Waals surface area contributed by atoms with E-state index in [4.69, 9.17) is 4.74 Å². The van der Waals surface area contributed by atoms with Crippen LogP contribution in [0.4, 0.5) is 0 Å². The van der Waals surface area contributed by atoms with Crippen LogP contribution in [0.1, 0.15) is 47.0 Å². The maximum atomic E-state index is 5.06. The van der Waals surface area contributed by atoms with E-state index in [-0.39, 0.29) is 0 Å². The van der Waals surface area contributed by atoms with Crippen LogP contribution in [0.2, 0.25) is 0 Å². The second-order valence-electron chi connectivity index (χ2n) is 4.61. The molecular formula is C13H27NO. The van der Waals surface area contributed by atoms with Crippen molar-refractivity contribution in [3.8, 4) is 0 Å². The molecule has 0 aromatic carbocycles. The van der Waals surface area contributed by atoms with Crippen molar-refractivity contribution in [1.29, 1.82) is 0 Å². The van der Waals surface area contributed by atoms with Gasteiger partial charge < -0.3 is 10.1 Å². The van der Waals surface area contributed by atoms with Crippen LogP contribution in [0.3, 0.4) is 0 Å². The van der Waals surface area contributed by atoms with Gasteiger partial charge in [0.25, 0.3) is 0 Å². The van der Waals surface area contributed by atoms with Gasteiger partial charge in [0.15, 0.2) is 0 Å². The number of rotatable bonds is 8. The zero-order chi connectivity index (χ0) is 11.7. The van der Waals surface area contributed by atoms with Gasteiger partial charge in [-0.25, -0.2) is 0 Å². The minimum atomic E-state index is 0.548. The van der Waals surface area contributed by atoms with Gasteiger partial charge in [-0.1, -0.05) is 11.6 Å². The van der Waals surface area contributed by atoms with Crippen molar-refractivity contribution in [3.05, 3.63) is 11.6 Å². The summed E-state index contributed by atoms with van der Waals surface area (Å²) in [5.41, 5.74) is 1.41. The van der Waals surface area contributed by atoms with Gasteiger partial charge in [0.05, 0.1) is 0 Å². The van der Waals surface area contributed by atoms with Crippen LogP contribution in [0.5, 0.6) is 0 Å². The smallest absolute Gasteiger partial charge is 0.0476 e. The maximum Gasteiger partial charge on any atom is 0.0476 e. The first kappa shape index (κ1) is 14.7. The summed E-state index contributed by atoms with van der Waals surface area (Å²) >= 11 is 0. The molecule has 0 saturated carbocycles. The summed E-state index contributed by atoms with van der Waals surface area (Å²) in [6.07, 6.45) is 5.78. The largest absolute Gasteiger partial charge is 0.385 e. The fourth-order valence-electron chi connectivity index (χ4n) is 1.57. The van der Waals surface area contributed by atoms with E-state index < -0.39 is 0 Å². The lowest BCUT2D eigenvalue weighted by molar-refractivity contribution is 0.182. The number of ether oxygens (including phenoxy) is 1. The Labute approximate surface area is 95.1 Å². The highest BCUT2D eigenvalue weighted by Gasteiger charge is 2.05. The molecule has 2 nitrogen and oxygen atoms in total. The maximum absolute atomic E-state index is 5.06. The highest BCUT2D eigenvalue weighted by Crippen LogP contribution is 2.03. The predicted octanol–water partition coefficient (Wildman–Crippen LogP) is 3.14. The second kappa shape index (κ2) is 8.93. The van der Waals surface area contributed by atoms with Crippen LogP contribution in [0.25, 0.3) is 0 Å². The molecule has 0 aliphatic rings. The zero-order valence-electron chi connectivity index (χ0n) is 11.0. The van der Waals surface area contributed by atoms with Crippen LogP contribution >= 0.6 is 0 Å². The third-order valence-electron chi connectivity index (χ3n) is 2.48. The van der Waals surface area contributed by atoms with Gasteiger partial charge in [-0.2, -0.15) is 0 Å². The van der Waals surface area contributed by atoms with E-state index in [1.807, 2.05) is 0 Å². The van der Waals surface area contributed by atoms with Gasteiger partial charge in [-0.15, -0.1) is 0 Å². The van der Waals surface area contributed by atoms with Gasteiger partial charge in [0.2, 0.25) is 0 Å². The minimum Gasteiger partial charge on any atom is -0.385 e. The van der Waals surface area contributed by atoms with Gasteiger partial charge in [0, 0.05) is 25.8 Å². The average Bonchev–Trinajstić information content (AvgIpc) is 2.14. The van der Waals surface area contributed by atoms with E-state index in [2.05, 4.69) is 39.1 Å². The van der Waals surface area contributed by atoms with Crippen LogP contribution in [0, 0.1) is 0 Å². The molecule has 0 aliphatic heterocycles. The van der Waals surface area contributed by atoms with Crippen molar-refractivity contribution in [1.82, 2.24) is 5.32 Å². The lowest BCUT2D eigenvalue weighted by Crippen LogP contribution is -2.35. The zero-order valence-corrected chi connectivity index (χ0v) is 11.0. The van der Waals surface area contributed by atoms with E-state index >= 15 is 0 Å². The molecule has 0 aliphatic carbocycles. The van der Waals surface area contributed by atoms with E-state index in [0.717, 1.165) is 13.0 Å². The molecule has 15 heavy (non-hydrogen) atoms. The Morgan fingerprint density at radius 1 is 1.20 bits per heavy atom. The van der Waals surface area contributed by atoms with Crippen LogP contribution in [0.15, 0.2) is 11.6 Å². The number of methoxy groups -OCH3 is 1. The van der Waals surface area contributed by atoms with E-state index in [1.165, 1.54) is 18.4 Å². The van der Waals surface area contributed by atoms with Crippen LogP contribution in [-0.4, -0.2) is 25.8 Å². The van der Waals surface area contributed by atoms with Crippen molar-refractivity contribution in [2.75, 3.05) is 13.7 Å². The molecule has 0 spiro atoms. The molecule has 2 atom stereocenters. The monoisotopic (exact) mass is 213 g/mol. The standard InChI is InChI=1S/C13H27NO/c1-11(2)7-6-8-12(3)14-13(4)9-10-15-5/h7,12-14H,6,8-10H2,1-5H3. The fraction of sp³-hybridized carbons (Fsp3) is 0.846. The molecule has 0 aromatic rings. The SMILES string of the molecule is COCCC(C)NC(C)CCC=C(C)C. The number of allylic oxidation sites excluding steroid dienone is 2. The number of hydrogen-bond acceptors (Lipinski definition) is 2. The Bertz CT molecular complexity index is 173. The molecule has 0 radical (unpaired) electrons. The summed E-state index contributed by atoms with van der Waals surface area (Å²) in [6, 6.07) is 1.14. The van der Waals surface area contributed by atoms with Crippen molar-refractivity contribution >= 4 is 0 Å². The Morgan fingerprint density at radius 2 is 1.80 bits per heavy atom. The topological polar surface area (TPSA) is 21.3 Å². The molecular weight excluding hydrogens is 186 g/mol. The Morgan fingerprint density at radius 3 is 2.33 bits per heavy atom. The molecule has 1 N–H and O–H groups in total. The highest BCUT2D eigenvalue weighted by molar-refractivity contribution is 4.93. The Hall–Kier alpha value is -0.340. The molecule has 2 heteroatoms. The molecule has 0 fully saturated rings. The van der Waals surface area contributed by atoms with E-state index in [9.17, 15) is 0 Å². The summed E-state index contributed by atoms with van der Waals surface area (Å²) in [7, 11) is 1.75. The number of nitrogens with one attached hydrogen (secondary N) is 1. The van der Waals surface area contributed by atoms with Crippen LogP contribution < -0.4 is 5.32 Å². The normalized spacial score (nSPS) is 14.7. The summed E-state index contributed by atoms with van der Waals surface area (Å²) in [6.45, 7) is 9.62. The lowest BCUT2D eigenvalue weighted by atomic mass is 10.1. The molecule has 90 valence electrons. The quantitative estimate of drug-likeness (QED) is 0.625.